The molecule has 0 N–H and O–H groups in total. The number of carbonyl (C=O) groups is 1. The van der Waals surface area contributed by atoms with Crippen molar-refractivity contribution in [3.05, 3.63) is 0 Å². The van der Waals surface area contributed by atoms with Crippen molar-refractivity contribution >= 4 is 13.8 Å². The summed E-state index contributed by atoms with van der Waals surface area (Å²) >= 11 is 0. The molecule has 80 valence electrons. The zero-order valence-corrected chi connectivity index (χ0v) is 17.4. The number of ether oxygens (including phenoxy) is 1. The predicted molar refractivity (Wildman–Crippen MR) is 39.1 cm³/mol. The number of esters is 1. The van der Waals surface area contributed by atoms with Gasteiger partial charge in [0.25, 0.3) is 0 Å². The van der Waals surface area contributed by atoms with Crippen LogP contribution in [-0.2, 0) is 14.1 Å². The fourth-order valence-corrected chi connectivity index (χ4v) is 0.360. The molecule has 0 fully saturated rings. The molecule has 0 aromatic heterocycles. The first-order valence-electron chi connectivity index (χ1n) is 3.63. The van der Waals surface area contributed by atoms with Gasteiger partial charge in [-0.2, -0.15) is 7.82 Å². The molecular formula is C6H12Na3O6P. The Bertz CT molecular complexity index is 177. The second-order valence-electron chi connectivity index (χ2n) is 2.14. The third-order valence-electron chi connectivity index (χ3n) is 0.803. The van der Waals surface area contributed by atoms with Crippen molar-refractivity contribution in [1.29, 1.82) is 0 Å². The van der Waals surface area contributed by atoms with E-state index < -0.39 is 7.82 Å². The van der Waals surface area contributed by atoms with Crippen LogP contribution in [0.2, 0.25) is 0 Å². The van der Waals surface area contributed by atoms with Crippen LogP contribution in [0.25, 0.3) is 0 Å². The molecule has 0 aliphatic heterocycles. The molecule has 0 bridgehead atoms. The summed E-state index contributed by atoms with van der Waals surface area (Å²) in [5.74, 6) is -0.182. The molecule has 0 aliphatic rings. The summed E-state index contributed by atoms with van der Waals surface area (Å²) in [5.41, 5.74) is 0. The van der Waals surface area contributed by atoms with Crippen molar-refractivity contribution in [3.8, 4) is 0 Å². The van der Waals surface area contributed by atoms with Crippen LogP contribution in [0.5, 0.6) is 0 Å². The van der Waals surface area contributed by atoms with Crippen molar-refractivity contribution < 1.29 is 117 Å². The Labute approximate surface area is 162 Å². The molecule has 0 saturated carbocycles. The Morgan fingerprint density at radius 3 is 1.69 bits per heavy atom. The molecule has 10 heteroatoms. The first-order chi connectivity index (χ1) is 5.77. The number of carbonyl (C=O) groups excluding carboxylic acids is 1. The van der Waals surface area contributed by atoms with Gasteiger partial charge < -0.3 is 24.0 Å². The van der Waals surface area contributed by atoms with Gasteiger partial charge in [-0.05, 0) is 6.42 Å². The van der Waals surface area contributed by atoms with Gasteiger partial charge in [0.2, 0.25) is 0 Å². The molecule has 16 heavy (non-hydrogen) atoms. The average Bonchev–Trinajstić information content (AvgIpc) is 1.83. The fourth-order valence-electron chi connectivity index (χ4n) is 0.360. The zero-order chi connectivity index (χ0) is 10.9. The number of hydrogen-bond donors (Lipinski definition) is 0. The molecular weight excluding hydrogens is 268 g/mol. The molecule has 0 unspecified atom stereocenters. The molecule has 6 nitrogen and oxygen atoms in total. The van der Waals surface area contributed by atoms with Gasteiger partial charge in [0.1, 0.15) is 0 Å². The van der Waals surface area contributed by atoms with Gasteiger partial charge in [-0.3, -0.25) is 4.79 Å². The zero-order valence-electron chi connectivity index (χ0n) is 10.5. The standard InChI is InChI=1S/C6H12O2.3Na.H3O4P/c1-3-4-5-8-6(2)7;;;;1-5(2,3)4/h3-5H2,1-2H3;;;;(H3,1,2,3,4)/q;3*+1;/p-3. The first kappa shape index (κ1) is 31.1. The Balaban J connectivity index is -0.0000000454. The van der Waals surface area contributed by atoms with Gasteiger partial charge in [-0.15, -0.1) is 0 Å². The van der Waals surface area contributed by atoms with Crippen molar-refractivity contribution in [2.75, 3.05) is 6.61 Å². The normalized spacial score (nSPS) is 8.06. The van der Waals surface area contributed by atoms with Crippen LogP contribution >= 0.6 is 7.82 Å². The Hall–Kier alpha value is 2.58. The van der Waals surface area contributed by atoms with E-state index in [9.17, 15) is 4.79 Å². The molecule has 0 aromatic carbocycles. The van der Waals surface area contributed by atoms with Crippen LogP contribution in [0.4, 0.5) is 0 Å². The van der Waals surface area contributed by atoms with E-state index >= 15 is 0 Å². The summed E-state index contributed by atoms with van der Waals surface area (Å²) in [5, 5.41) is 0. The van der Waals surface area contributed by atoms with Crippen molar-refractivity contribution in [1.82, 2.24) is 0 Å². The first-order valence-corrected chi connectivity index (χ1v) is 5.09. The van der Waals surface area contributed by atoms with Crippen LogP contribution in [0, 0.1) is 0 Å². The maximum Gasteiger partial charge on any atom is 1.00 e. The summed E-state index contributed by atoms with van der Waals surface area (Å²) < 4.78 is 13.2. The quantitative estimate of drug-likeness (QED) is 0.219. The maximum atomic E-state index is 10.1. The monoisotopic (exact) mass is 280 g/mol. The van der Waals surface area contributed by atoms with E-state index in [4.69, 9.17) is 19.2 Å². The summed E-state index contributed by atoms with van der Waals surface area (Å²) in [6.07, 6.45) is 2.05. The predicted octanol–water partition coefficient (Wildman–Crippen LogP) is -10.5. The second kappa shape index (κ2) is 19.9. The van der Waals surface area contributed by atoms with Gasteiger partial charge >= 0.3 is 94.6 Å². The van der Waals surface area contributed by atoms with Gasteiger partial charge in [-0.1, -0.05) is 13.3 Å². The topological polar surface area (TPSA) is 113 Å². The van der Waals surface area contributed by atoms with Gasteiger partial charge in [0, 0.05) is 6.92 Å². The van der Waals surface area contributed by atoms with Gasteiger partial charge in [0.15, 0.2) is 0 Å². The third kappa shape index (κ3) is 70.0. The van der Waals surface area contributed by atoms with Crippen LogP contribution < -0.4 is 103 Å². The van der Waals surface area contributed by atoms with E-state index in [0.717, 1.165) is 12.8 Å². The minimum Gasteiger partial charge on any atom is -0.822 e. The molecule has 0 heterocycles. The van der Waals surface area contributed by atoms with E-state index in [-0.39, 0.29) is 94.6 Å². The average molecular weight is 280 g/mol. The van der Waals surface area contributed by atoms with Crippen molar-refractivity contribution in [2.24, 2.45) is 0 Å². The summed E-state index contributed by atoms with van der Waals surface area (Å²) in [4.78, 5) is 35.7. The summed E-state index contributed by atoms with van der Waals surface area (Å²) in [7, 11) is -5.39. The van der Waals surface area contributed by atoms with E-state index in [2.05, 4.69) is 11.7 Å². The van der Waals surface area contributed by atoms with E-state index in [1.165, 1.54) is 6.92 Å². The Kier molecular flexibility index (Phi) is 38.7. The smallest absolute Gasteiger partial charge is 0.822 e. The van der Waals surface area contributed by atoms with E-state index in [1.807, 2.05) is 0 Å². The summed E-state index contributed by atoms with van der Waals surface area (Å²) in [6.45, 7) is 4.06. The van der Waals surface area contributed by atoms with Crippen LogP contribution in [0.3, 0.4) is 0 Å². The van der Waals surface area contributed by atoms with E-state index in [0.29, 0.717) is 6.61 Å². The molecule has 0 saturated heterocycles. The molecule has 0 atom stereocenters. The number of hydrogen-bond acceptors (Lipinski definition) is 6. The molecule has 0 spiro atoms. The minimum atomic E-state index is -5.39. The summed E-state index contributed by atoms with van der Waals surface area (Å²) in [6, 6.07) is 0. The number of unbranched alkanes of at least 4 members (excludes halogenated alkanes) is 1. The SMILES string of the molecule is CCCCOC(C)=O.O=P([O-])([O-])[O-].[Na+].[Na+].[Na+]. The minimum absolute atomic E-state index is 0. The number of rotatable bonds is 3. The molecule has 0 aliphatic carbocycles. The Morgan fingerprint density at radius 2 is 1.50 bits per heavy atom. The Morgan fingerprint density at radius 1 is 1.19 bits per heavy atom. The van der Waals surface area contributed by atoms with Gasteiger partial charge in [0.05, 0.1) is 6.61 Å². The number of phosphoric acid groups is 1. The molecule has 0 radical (unpaired) electrons. The van der Waals surface area contributed by atoms with Crippen LogP contribution in [-0.4, -0.2) is 12.6 Å². The molecule has 0 amide bonds. The largest absolute Gasteiger partial charge is 1.00 e. The van der Waals surface area contributed by atoms with Crippen LogP contribution in [0.15, 0.2) is 0 Å². The maximum absolute atomic E-state index is 10.1. The van der Waals surface area contributed by atoms with Crippen LogP contribution in [0.1, 0.15) is 26.7 Å². The third-order valence-corrected chi connectivity index (χ3v) is 0.803. The van der Waals surface area contributed by atoms with Gasteiger partial charge in [-0.25, -0.2) is 0 Å². The van der Waals surface area contributed by atoms with E-state index in [1.54, 1.807) is 0 Å². The molecule has 0 aromatic rings. The van der Waals surface area contributed by atoms with Crippen molar-refractivity contribution in [2.45, 2.75) is 26.7 Å². The fraction of sp³-hybridized carbons (Fsp3) is 0.833. The second-order valence-corrected chi connectivity index (χ2v) is 3.04. The molecule has 0 rings (SSSR count). The van der Waals surface area contributed by atoms with Crippen molar-refractivity contribution in [3.63, 3.8) is 0 Å².